The van der Waals surface area contributed by atoms with Gasteiger partial charge in [0, 0.05) is 18.0 Å². The first kappa shape index (κ1) is 13.8. The first-order valence-electron chi connectivity index (χ1n) is 6.99. The lowest BCUT2D eigenvalue weighted by molar-refractivity contribution is 0.393. The molecule has 0 spiro atoms. The summed E-state index contributed by atoms with van der Waals surface area (Å²) in [5.41, 5.74) is 2.68. The van der Waals surface area contributed by atoms with Crippen LogP contribution in [-0.2, 0) is 5.75 Å². The summed E-state index contributed by atoms with van der Waals surface area (Å²) in [6.07, 6.45) is 2.67. The van der Waals surface area contributed by atoms with Crippen molar-refractivity contribution in [3.63, 3.8) is 0 Å². The van der Waals surface area contributed by atoms with E-state index in [1.54, 1.807) is 0 Å². The van der Waals surface area contributed by atoms with E-state index in [1.165, 1.54) is 36.4 Å². The van der Waals surface area contributed by atoms with E-state index < -0.39 is 0 Å². The molecule has 0 aliphatic carbocycles. The van der Waals surface area contributed by atoms with Gasteiger partial charge in [0.1, 0.15) is 0 Å². The summed E-state index contributed by atoms with van der Waals surface area (Å²) in [5.74, 6) is 3.10. The third kappa shape index (κ3) is 4.54. The van der Waals surface area contributed by atoms with Crippen molar-refractivity contribution in [1.82, 2.24) is 5.32 Å². The molecule has 1 aromatic rings. The Morgan fingerprint density at radius 2 is 2.17 bits per heavy atom. The number of hydrogen-bond acceptors (Lipinski definition) is 3. The maximum absolute atomic E-state index is 3.55. The fourth-order valence-electron chi connectivity index (χ4n) is 2.30. The Balaban J connectivity index is 1.75. The molecule has 100 valence electrons. The molecule has 1 unspecified atom stereocenters. The van der Waals surface area contributed by atoms with Crippen LogP contribution in [0.1, 0.15) is 25.3 Å². The summed E-state index contributed by atoms with van der Waals surface area (Å²) in [4.78, 5) is 0. The van der Waals surface area contributed by atoms with Crippen LogP contribution in [-0.4, -0.2) is 25.4 Å². The molecule has 1 atom stereocenters. The maximum atomic E-state index is 3.55. The highest BCUT2D eigenvalue weighted by Gasteiger charge is 2.11. The quantitative estimate of drug-likeness (QED) is 0.824. The summed E-state index contributed by atoms with van der Waals surface area (Å²) in [5, 5.41) is 7.01. The Bertz CT molecular complexity index is 331. The van der Waals surface area contributed by atoms with Gasteiger partial charge >= 0.3 is 0 Å². The molecule has 1 heterocycles. The third-order valence-electron chi connectivity index (χ3n) is 3.42. The predicted octanol–water partition coefficient (Wildman–Crippen LogP) is 3.35. The van der Waals surface area contributed by atoms with Crippen molar-refractivity contribution in [1.29, 1.82) is 0 Å². The standard InChI is InChI=1S/C15H24N2S/c1-2-18-12-13-5-7-15(8-6-13)17-11-14-4-3-9-16-10-14/h5-8,14,16-17H,2-4,9-12H2,1H3. The van der Waals surface area contributed by atoms with Crippen LogP contribution in [0.3, 0.4) is 0 Å². The molecule has 1 aromatic carbocycles. The van der Waals surface area contributed by atoms with Crippen molar-refractivity contribution in [2.75, 3.05) is 30.7 Å². The molecule has 1 aliphatic heterocycles. The average Bonchev–Trinajstić information content (AvgIpc) is 2.45. The molecule has 1 saturated heterocycles. The zero-order valence-corrected chi connectivity index (χ0v) is 12.1. The fourth-order valence-corrected chi connectivity index (χ4v) is 2.93. The van der Waals surface area contributed by atoms with Crippen molar-refractivity contribution in [2.45, 2.75) is 25.5 Å². The van der Waals surface area contributed by atoms with E-state index in [0.29, 0.717) is 0 Å². The van der Waals surface area contributed by atoms with Crippen LogP contribution in [0.25, 0.3) is 0 Å². The van der Waals surface area contributed by atoms with Gasteiger partial charge in [-0.1, -0.05) is 19.1 Å². The molecule has 1 fully saturated rings. The number of thioether (sulfide) groups is 1. The first-order valence-corrected chi connectivity index (χ1v) is 8.15. The van der Waals surface area contributed by atoms with E-state index >= 15 is 0 Å². The number of anilines is 1. The van der Waals surface area contributed by atoms with Gasteiger partial charge in [-0.3, -0.25) is 0 Å². The Kier molecular flexibility index (Phi) is 5.88. The minimum Gasteiger partial charge on any atom is -0.385 e. The van der Waals surface area contributed by atoms with E-state index in [9.17, 15) is 0 Å². The molecule has 3 heteroatoms. The average molecular weight is 264 g/mol. The largest absolute Gasteiger partial charge is 0.385 e. The van der Waals surface area contributed by atoms with Crippen LogP contribution in [0.15, 0.2) is 24.3 Å². The van der Waals surface area contributed by atoms with Gasteiger partial charge < -0.3 is 10.6 Å². The zero-order chi connectivity index (χ0) is 12.6. The van der Waals surface area contributed by atoms with Crippen LogP contribution >= 0.6 is 11.8 Å². The highest BCUT2D eigenvalue weighted by Crippen LogP contribution is 2.16. The molecule has 2 N–H and O–H groups in total. The highest BCUT2D eigenvalue weighted by molar-refractivity contribution is 7.98. The molecular formula is C15H24N2S. The van der Waals surface area contributed by atoms with E-state index in [0.717, 1.165) is 24.8 Å². The summed E-state index contributed by atoms with van der Waals surface area (Å²) >= 11 is 1.97. The Labute approximate surface area is 115 Å². The van der Waals surface area contributed by atoms with Crippen molar-refractivity contribution in [2.24, 2.45) is 5.92 Å². The summed E-state index contributed by atoms with van der Waals surface area (Å²) in [6.45, 7) is 5.66. The van der Waals surface area contributed by atoms with E-state index in [-0.39, 0.29) is 0 Å². The van der Waals surface area contributed by atoms with Gasteiger partial charge in [0.15, 0.2) is 0 Å². The van der Waals surface area contributed by atoms with Gasteiger partial charge in [-0.05, 0) is 55.3 Å². The summed E-state index contributed by atoms with van der Waals surface area (Å²) in [6, 6.07) is 8.90. The van der Waals surface area contributed by atoms with Gasteiger partial charge in [-0.15, -0.1) is 0 Å². The lowest BCUT2D eigenvalue weighted by Gasteiger charge is -2.23. The fraction of sp³-hybridized carbons (Fsp3) is 0.600. The maximum Gasteiger partial charge on any atom is 0.0340 e. The van der Waals surface area contributed by atoms with Crippen molar-refractivity contribution >= 4 is 17.4 Å². The van der Waals surface area contributed by atoms with E-state index in [1.807, 2.05) is 11.8 Å². The predicted molar refractivity (Wildman–Crippen MR) is 82.4 cm³/mol. The van der Waals surface area contributed by atoms with Gasteiger partial charge in [0.25, 0.3) is 0 Å². The molecular weight excluding hydrogens is 240 g/mol. The zero-order valence-electron chi connectivity index (χ0n) is 11.2. The van der Waals surface area contributed by atoms with Crippen molar-refractivity contribution in [3.05, 3.63) is 29.8 Å². The topological polar surface area (TPSA) is 24.1 Å². The Morgan fingerprint density at radius 1 is 1.33 bits per heavy atom. The first-order chi connectivity index (χ1) is 8.88. The van der Waals surface area contributed by atoms with E-state index in [4.69, 9.17) is 0 Å². The molecule has 0 radical (unpaired) electrons. The highest BCUT2D eigenvalue weighted by atomic mass is 32.2. The van der Waals surface area contributed by atoms with Gasteiger partial charge in [0.2, 0.25) is 0 Å². The molecule has 2 rings (SSSR count). The third-order valence-corrected chi connectivity index (χ3v) is 4.37. The number of benzene rings is 1. The monoisotopic (exact) mass is 264 g/mol. The van der Waals surface area contributed by atoms with Gasteiger partial charge in [-0.2, -0.15) is 11.8 Å². The second-order valence-corrected chi connectivity index (χ2v) is 6.20. The van der Waals surface area contributed by atoms with Crippen molar-refractivity contribution in [3.8, 4) is 0 Å². The van der Waals surface area contributed by atoms with Crippen LogP contribution < -0.4 is 10.6 Å². The molecule has 2 nitrogen and oxygen atoms in total. The minimum atomic E-state index is 0.786. The van der Waals surface area contributed by atoms with Crippen molar-refractivity contribution < 1.29 is 0 Å². The number of nitrogens with one attached hydrogen (secondary N) is 2. The lowest BCUT2D eigenvalue weighted by atomic mass is 10.00. The molecule has 1 aliphatic rings. The molecule has 0 amide bonds. The molecule has 0 saturated carbocycles. The SMILES string of the molecule is CCSCc1ccc(NCC2CCCNC2)cc1. The van der Waals surface area contributed by atoms with Crippen LogP contribution in [0.4, 0.5) is 5.69 Å². The normalized spacial score (nSPS) is 19.7. The summed E-state index contributed by atoms with van der Waals surface area (Å²) < 4.78 is 0. The minimum absolute atomic E-state index is 0.786. The van der Waals surface area contributed by atoms with Crippen LogP contribution in [0.2, 0.25) is 0 Å². The van der Waals surface area contributed by atoms with E-state index in [2.05, 4.69) is 41.8 Å². The lowest BCUT2D eigenvalue weighted by Crippen LogP contribution is -2.33. The Morgan fingerprint density at radius 3 is 2.83 bits per heavy atom. The second-order valence-electron chi connectivity index (χ2n) is 4.93. The Hall–Kier alpha value is -0.670. The van der Waals surface area contributed by atoms with Crippen LogP contribution in [0, 0.1) is 5.92 Å². The molecule has 0 bridgehead atoms. The molecule has 0 aromatic heterocycles. The number of hydrogen-bond donors (Lipinski definition) is 2. The number of piperidine rings is 1. The van der Waals surface area contributed by atoms with Gasteiger partial charge in [0.05, 0.1) is 0 Å². The summed E-state index contributed by atoms with van der Waals surface area (Å²) in [7, 11) is 0. The van der Waals surface area contributed by atoms with Gasteiger partial charge in [-0.25, -0.2) is 0 Å². The molecule has 18 heavy (non-hydrogen) atoms. The second kappa shape index (κ2) is 7.70. The smallest absolute Gasteiger partial charge is 0.0340 e. The number of rotatable bonds is 6. The van der Waals surface area contributed by atoms with Crippen LogP contribution in [0.5, 0.6) is 0 Å².